The quantitative estimate of drug-likeness (QED) is 0.407. The molecule has 3 aromatic carbocycles. The molecule has 0 bridgehead atoms. The SMILES string of the molecule is COc1ccc(C(=O)N2CCN(C(=O)c3cccc(F)c3)C2C(=O)NC(CC(=O)O)c2ccc(F)cc2)cc1OC. The fourth-order valence-electron chi connectivity index (χ4n) is 4.63. The van der Waals surface area contributed by atoms with Crippen molar-refractivity contribution in [3.8, 4) is 11.5 Å². The average molecular weight is 568 g/mol. The van der Waals surface area contributed by atoms with Crippen LogP contribution < -0.4 is 14.8 Å². The number of hydrogen-bond acceptors (Lipinski definition) is 6. The summed E-state index contributed by atoms with van der Waals surface area (Å²) in [6.45, 7) is -0.112. The Labute approximate surface area is 234 Å². The van der Waals surface area contributed by atoms with Crippen LogP contribution in [0.4, 0.5) is 8.78 Å². The zero-order valence-electron chi connectivity index (χ0n) is 22.2. The lowest BCUT2D eigenvalue weighted by Gasteiger charge is -2.31. The van der Waals surface area contributed by atoms with Crippen LogP contribution in [0.3, 0.4) is 0 Å². The first kappa shape index (κ1) is 29.0. The molecule has 3 amide bonds. The maximum Gasteiger partial charge on any atom is 0.305 e. The van der Waals surface area contributed by atoms with Crippen LogP contribution in [0.1, 0.15) is 38.7 Å². The highest BCUT2D eigenvalue weighted by molar-refractivity contribution is 6.02. The van der Waals surface area contributed by atoms with E-state index in [2.05, 4.69) is 5.32 Å². The predicted octanol–water partition coefficient (Wildman–Crippen LogP) is 3.24. The summed E-state index contributed by atoms with van der Waals surface area (Å²) in [5.41, 5.74) is 0.408. The number of rotatable bonds is 9. The maximum absolute atomic E-state index is 13.9. The third-order valence-corrected chi connectivity index (χ3v) is 6.60. The number of halogens is 2. The number of benzene rings is 3. The number of nitrogens with one attached hydrogen (secondary N) is 1. The first-order chi connectivity index (χ1) is 19.6. The summed E-state index contributed by atoms with van der Waals surface area (Å²) in [7, 11) is 2.83. The lowest BCUT2D eigenvalue weighted by molar-refractivity contribution is -0.138. The van der Waals surface area contributed by atoms with E-state index in [1.807, 2.05) is 0 Å². The van der Waals surface area contributed by atoms with Crippen molar-refractivity contribution in [3.63, 3.8) is 0 Å². The van der Waals surface area contributed by atoms with Crippen molar-refractivity contribution < 1.29 is 42.5 Å². The highest BCUT2D eigenvalue weighted by Crippen LogP contribution is 2.30. The second-order valence-corrected chi connectivity index (χ2v) is 9.16. The molecule has 1 saturated heterocycles. The van der Waals surface area contributed by atoms with Crippen molar-refractivity contribution in [1.29, 1.82) is 0 Å². The Hall–Kier alpha value is -5.00. The molecule has 41 heavy (non-hydrogen) atoms. The number of carbonyl (C=O) groups is 4. The van der Waals surface area contributed by atoms with E-state index in [9.17, 15) is 33.1 Å². The van der Waals surface area contributed by atoms with Gasteiger partial charge in [-0.05, 0) is 54.1 Å². The van der Waals surface area contributed by atoms with Gasteiger partial charge in [0.2, 0.25) is 0 Å². The van der Waals surface area contributed by atoms with Gasteiger partial charge in [0.25, 0.3) is 17.7 Å². The molecule has 10 nitrogen and oxygen atoms in total. The summed E-state index contributed by atoms with van der Waals surface area (Å²) < 4.78 is 37.9. The Morgan fingerprint density at radius 1 is 0.854 bits per heavy atom. The minimum atomic E-state index is -1.51. The van der Waals surface area contributed by atoms with Gasteiger partial charge in [0.1, 0.15) is 11.6 Å². The average Bonchev–Trinajstić information content (AvgIpc) is 3.41. The van der Waals surface area contributed by atoms with Crippen LogP contribution in [0.5, 0.6) is 11.5 Å². The molecule has 0 spiro atoms. The van der Waals surface area contributed by atoms with Crippen molar-refractivity contribution in [2.24, 2.45) is 0 Å². The number of amides is 3. The van der Waals surface area contributed by atoms with E-state index >= 15 is 0 Å². The van der Waals surface area contributed by atoms with Gasteiger partial charge in [-0.1, -0.05) is 18.2 Å². The van der Waals surface area contributed by atoms with Gasteiger partial charge in [-0.25, -0.2) is 8.78 Å². The zero-order chi connectivity index (χ0) is 29.7. The van der Waals surface area contributed by atoms with Gasteiger partial charge in [0.05, 0.1) is 26.7 Å². The molecule has 2 unspecified atom stereocenters. The molecule has 214 valence electrons. The minimum absolute atomic E-state index is 0.0381. The molecular formula is C29H27F2N3O7. The number of carboxylic acid groups (broad SMARTS) is 1. The first-order valence-corrected chi connectivity index (χ1v) is 12.5. The third kappa shape index (κ3) is 6.43. The molecule has 0 aliphatic carbocycles. The molecule has 12 heteroatoms. The van der Waals surface area contributed by atoms with E-state index < -0.39 is 54.0 Å². The van der Waals surface area contributed by atoms with Gasteiger partial charge >= 0.3 is 5.97 Å². The van der Waals surface area contributed by atoms with Crippen LogP contribution in [0, 0.1) is 11.6 Å². The van der Waals surface area contributed by atoms with Crippen LogP contribution in [-0.4, -0.2) is 72.1 Å². The molecule has 0 aromatic heterocycles. The normalized spacial score (nSPS) is 15.3. The van der Waals surface area contributed by atoms with Crippen molar-refractivity contribution >= 4 is 23.7 Å². The number of nitrogens with zero attached hydrogens (tertiary/aromatic N) is 2. The second kappa shape index (κ2) is 12.5. The second-order valence-electron chi connectivity index (χ2n) is 9.16. The van der Waals surface area contributed by atoms with Crippen LogP contribution in [0.2, 0.25) is 0 Å². The van der Waals surface area contributed by atoms with E-state index in [0.717, 1.165) is 34.1 Å². The van der Waals surface area contributed by atoms with Gasteiger partial charge < -0.3 is 29.7 Å². The summed E-state index contributed by atoms with van der Waals surface area (Å²) in [6, 6.07) is 13.1. The summed E-state index contributed by atoms with van der Waals surface area (Å²) in [5.74, 6) is -3.98. The van der Waals surface area contributed by atoms with Crippen molar-refractivity contribution in [3.05, 3.63) is 95.1 Å². The predicted molar refractivity (Wildman–Crippen MR) is 141 cm³/mol. The Balaban J connectivity index is 1.71. The Morgan fingerprint density at radius 3 is 2.02 bits per heavy atom. The Morgan fingerprint density at radius 2 is 1.46 bits per heavy atom. The van der Waals surface area contributed by atoms with Crippen LogP contribution in [0.25, 0.3) is 0 Å². The summed E-state index contributed by atoms with van der Waals surface area (Å²) in [6.07, 6.45) is -2.06. The molecule has 1 aliphatic rings. The number of aliphatic carboxylic acids is 1. The number of carboxylic acids is 1. The molecule has 0 saturated carbocycles. The summed E-state index contributed by atoms with van der Waals surface area (Å²) in [5, 5.41) is 12.1. The van der Waals surface area contributed by atoms with E-state index in [-0.39, 0.29) is 30.0 Å². The molecule has 1 fully saturated rings. The third-order valence-electron chi connectivity index (χ3n) is 6.60. The molecular weight excluding hydrogens is 540 g/mol. The highest BCUT2D eigenvalue weighted by Gasteiger charge is 2.44. The monoisotopic (exact) mass is 567 g/mol. The number of methoxy groups -OCH3 is 2. The molecule has 1 heterocycles. The highest BCUT2D eigenvalue weighted by atomic mass is 19.1. The largest absolute Gasteiger partial charge is 0.493 e. The van der Waals surface area contributed by atoms with Gasteiger partial charge in [-0.3, -0.25) is 19.2 Å². The number of carbonyl (C=O) groups excluding carboxylic acids is 3. The molecule has 2 N–H and O–H groups in total. The number of ether oxygens (including phenoxy) is 2. The summed E-state index contributed by atoms with van der Waals surface area (Å²) >= 11 is 0. The van der Waals surface area contributed by atoms with Crippen molar-refractivity contribution in [2.45, 2.75) is 18.6 Å². The van der Waals surface area contributed by atoms with E-state index in [1.165, 1.54) is 56.7 Å². The van der Waals surface area contributed by atoms with Crippen LogP contribution in [-0.2, 0) is 9.59 Å². The number of hydrogen-bond donors (Lipinski definition) is 2. The molecule has 0 radical (unpaired) electrons. The van der Waals surface area contributed by atoms with Crippen molar-refractivity contribution in [1.82, 2.24) is 15.1 Å². The zero-order valence-corrected chi connectivity index (χ0v) is 22.2. The lowest BCUT2D eigenvalue weighted by Crippen LogP contribution is -2.54. The van der Waals surface area contributed by atoms with Crippen molar-refractivity contribution in [2.75, 3.05) is 27.3 Å². The first-order valence-electron chi connectivity index (χ1n) is 12.5. The lowest BCUT2D eigenvalue weighted by atomic mass is 10.0. The van der Waals surface area contributed by atoms with Crippen LogP contribution >= 0.6 is 0 Å². The van der Waals surface area contributed by atoms with Gasteiger partial charge in [0.15, 0.2) is 17.7 Å². The van der Waals surface area contributed by atoms with Gasteiger partial charge in [0, 0.05) is 24.2 Å². The minimum Gasteiger partial charge on any atom is -0.493 e. The standard InChI is InChI=1S/C29H27F2N3O7/c1-40-23-11-8-19(15-24(23)41-2)29(39)34-13-12-33(28(38)18-4-3-5-21(31)14-18)27(34)26(37)32-22(16-25(35)36)17-6-9-20(30)10-7-17/h3-11,14-15,22,27H,12-13,16H2,1-2H3,(H,32,37)(H,35,36). The van der Waals surface area contributed by atoms with E-state index in [0.29, 0.717) is 11.3 Å². The van der Waals surface area contributed by atoms with E-state index in [1.54, 1.807) is 0 Å². The van der Waals surface area contributed by atoms with Crippen LogP contribution in [0.15, 0.2) is 66.7 Å². The molecule has 2 atom stereocenters. The van der Waals surface area contributed by atoms with E-state index in [4.69, 9.17) is 9.47 Å². The molecule has 4 rings (SSSR count). The fourth-order valence-corrected chi connectivity index (χ4v) is 4.63. The maximum atomic E-state index is 13.9. The Bertz CT molecular complexity index is 1470. The topological polar surface area (TPSA) is 125 Å². The smallest absolute Gasteiger partial charge is 0.305 e. The Kier molecular flexibility index (Phi) is 8.81. The molecule has 3 aromatic rings. The molecule has 1 aliphatic heterocycles. The van der Waals surface area contributed by atoms with Gasteiger partial charge in [-0.15, -0.1) is 0 Å². The van der Waals surface area contributed by atoms with Gasteiger partial charge in [-0.2, -0.15) is 0 Å². The summed E-state index contributed by atoms with van der Waals surface area (Å²) in [4.78, 5) is 54.8. The fraction of sp³-hybridized carbons (Fsp3) is 0.241.